The first-order valence-electron chi connectivity index (χ1n) is 2.17. The molecule has 7 heavy (non-hydrogen) atoms. The maximum atomic E-state index is 8.50. The number of alkyl halides is 1. The van der Waals surface area contributed by atoms with E-state index in [0.29, 0.717) is 6.61 Å². The standard InChI is InChI=1S/C4H9ClO2/c1-2-7-4(6)3-5/h4,6H,2-3H2,1H3. The third kappa shape index (κ3) is 4.05. The van der Waals surface area contributed by atoms with E-state index in [9.17, 15) is 0 Å². The summed E-state index contributed by atoms with van der Waals surface area (Å²) in [6, 6.07) is 0. The van der Waals surface area contributed by atoms with E-state index in [1.54, 1.807) is 6.92 Å². The first kappa shape index (κ1) is 7.21. The predicted molar refractivity (Wildman–Crippen MR) is 28.4 cm³/mol. The number of hydrogen-bond acceptors (Lipinski definition) is 2. The first-order valence-corrected chi connectivity index (χ1v) is 2.70. The van der Waals surface area contributed by atoms with E-state index in [4.69, 9.17) is 16.7 Å². The van der Waals surface area contributed by atoms with E-state index in [-0.39, 0.29) is 5.88 Å². The lowest BCUT2D eigenvalue weighted by Crippen LogP contribution is -2.12. The number of rotatable bonds is 3. The highest BCUT2D eigenvalue weighted by Gasteiger charge is 1.95. The molecule has 0 aromatic heterocycles. The molecule has 0 heterocycles. The zero-order valence-electron chi connectivity index (χ0n) is 4.22. The molecular weight excluding hydrogens is 115 g/mol. The van der Waals surface area contributed by atoms with E-state index in [0.717, 1.165) is 0 Å². The van der Waals surface area contributed by atoms with Gasteiger partial charge in [0.25, 0.3) is 0 Å². The van der Waals surface area contributed by atoms with Crippen LogP contribution in [0.15, 0.2) is 0 Å². The molecule has 0 rings (SSSR count). The molecule has 0 radical (unpaired) electrons. The van der Waals surface area contributed by atoms with Crippen LogP contribution >= 0.6 is 11.6 Å². The summed E-state index contributed by atoms with van der Waals surface area (Å²) >= 11 is 5.16. The highest BCUT2D eigenvalue weighted by atomic mass is 35.5. The highest BCUT2D eigenvalue weighted by molar-refractivity contribution is 6.18. The van der Waals surface area contributed by atoms with Crippen LogP contribution in [0.1, 0.15) is 6.92 Å². The Morgan fingerprint density at radius 1 is 1.86 bits per heavy atom. The fourth-order valence-electron chi connectivity index (χ4n) is 0.237. The molecule has 1 unspecified atom stereocenters. The second-order valence-electron chi connectivity index (χ2n) is 1.06. The summed E-state index contributed by atoms with van der Waals surface area (Å²) in [6.07, 6.45) is -0.785. The second-order valence-corrected chi connectivity index (χ2v) is 1.37. The average molecular weight is 125 g/mol. The second kappa shape index (κ2) is 4.37. The molecule has 2 nitrogen and oxygen atoms in total. The Balaban J connectivity index is 2.83. The highest BCUT2D eigenvalue weighted by Crippen LogP contribution is 1.87. The number of hydrogen-bond donors (Lipinski definition) is 1. The smallest absolute Gasteiger partial charge is 0.168 e. The zero-order valence-corrected chi connectivity index (χ0v) is 4.98. The first-order chi connectivity index (χ1) is 3.31. The quantitative estimate of drug-likeness (QED) is 0.441. The molecule has 3 heteroatoms. The Hall–Kier alpha value is 0.210. The van der Waals surface area contributed by atoms with E-state index in [2.05, 4.69) is 4.74 Å². The third-order valence-corrected chi connectivity index (χ3v) is 0.755. The molecule has 0 aromatic carbocycles. The molecule has 0 aliphatic heterocycles. The fourth-order valence-corrected chi connectivity index (χ4v) is 0.326. The summed E-state index contributed by atoms with van der Waals surface area (Å²) in [6.45, 7) is 2.31. The van der Waals surface area contributed by atoms with Crippen molar-refractivity contribution >= 4 is 11.6 Å². The van der Waals surface area contributed by atoms with Crippen LogP contribution in [-0.2, 0) is 4.74 Å². The van der Waals surface area contributed by atoms with Crippen LogP contribution in [0.3, 0.4) is 0 Å². The number of aliphatic hydroxyl groups excluding tert-OH is 1. The summed E-state index contributed by atoms with van der Waals surface area (Å²) < 4.78 is 4.61. The predicted octanol–water partition coefficient (Wildman–Crippen LogP) is 0.580. The minimum absolute atomic E-state index is 0.147. The molecule has 1 N–H and O–H groups in total. The van der Waals surface area contributed by atoms with Crippen LogP contribution in [0.5, 0.6) is 0 Å². The lowest BCUT2D eigenvalue weighted by molar-refractivity contribution is -0.0774. The van der Waals surface area contributed by atoms with Gasteiger partial charge in [0, 0.05) is 6.61 Å². The molecule has 0 fully saturated rings. The molecule has 0 aromatic rings. The van der Waals surface area contributed by atoms with Crippen molar-refractivity contribution in [3.63, 3.8) is 0 Å². The van der Waals surface area contributed by atoms with Gasteiger partial charge in [0.15, 0.2) is 6.29 Å². The molecule has 0 aliphatic rings. The molecule has 1 atom stereocenters. The van der Waals surface area contributed by atoms with Gasteiger partial charge in [-0.05, 0) is 6.92 Å². The minimum atomic E-state index is -0.785. The van der Waals surface area contributed by atoms with Crippen LogP contribution in [-0.4, -0.2) is 23.9 Å². The zero-order chi connectivity index (χ0) is 5.70. The summed E-state index contributed by atoms with van der Waals surface area (Å²) in [5, 5.41) is 8.50. The monoisotopic (exact) mass is 124 g/mol. The van der Waals surface area contributed by atoms with Crippen molar-refractivity contribution < 1.29 is 9.84 Å². The molecular formula is C4H9ClO2. The van der Waals surface area contributed by atoms with Crippen LogP contribution in [0.4, 0.5) is 0 Å². The van der Waals surface area contributed by atoms with Crippen molar-refractivity contribution in [1.29, 1.82) is 0 Å². The van der Waals surface area contributed by atoms with Crippen LogP contribution in [0.2, 0.25) is 0 Å². The van der Waals surface area contributed by atoms with Crippen molar-refractivity contribution in [3.8, 4) is 0 Å². The Bertz CT molecular complexity index is 40.7. The van der Waals surface area contributed by atoms with Gasteiger partial charge in [0.2, 0.25) is 0 Å². The van der Waals surface area contributed by atoms with E-state index in [1.165, 1.54) is 0 Å². The lowest BCUT2D eigenvalue weighted by Gasteiger charge is -2.03. The molecule has 0 saturated heterocycles. The van der Waals surface area contributed by atoms with Gasteiger partial charge in [-0.3, -0.25) is 0 Å². The van der Waals surface area contributed by atoms with Crippen LogP contribution in [0.25, 0.3) is 0 Å². The molecule has 0 bridgehead atoms. The summed E-state index contributed by atoms with van der Waals surface area (Å²) in [7, 11) is 0. The third-order valence-electron chi connectivity index (χ3n) is 0.491. The van der Waals surface area contributed by atoms with Gasteiger partial charge in [0.05, 0.1) is 5.88 Å². The largest absolute Gasteiger partial charge is 0.367 e. The van der Waals surface area contributed by atoms with Crippen molar-refractivity contribution in [2.45, 2.75) is 13.2 Å². The van der Waals surface area contributed by atoms with Gasteiger partial charge in [-0.1, -0.05) is 0 Å². The molecule has 44 valence electrons. The van der Waals surface area contributed by atoms with Crippen molar-refractivity contribution in [2.75, 3.05) is 12.5 Å². The summed E-state index contributed by atoms with van der Waals surface area (Å²) in [4.78, 5) is 0. The van der Waals surface area contributed by atoms with E-state index in [1.807, 2.05) is 0 Å². The van der Waals surface area contributed by atoms with Gasteiger partial charge >= 0.3 is 0 Å². The Labute approximate surface area is 48.0 Å². The van der Waals surface area contributed by atoms with Gasteiger partial charge < -0.3 is 9.84 Å². The summed E-state index contributed by atoms with van der Waals surface area (Å²) in [5.41, 5.74) is 0. The number of ether oxygens (including phenoxy) is 1. The molecule has 0 spiro atoms. The fraction of sp³-hybridized carbons (Fsp3) is 1.00. The van der Waals surface area contributed by atoms with Gasteiger partial charge in [0.1, 0.15) is 0 Å². The van der Waals surface area contributed by atoms with E-state index < -0.39 is 6.29 Å². The van der Waals surface area contributed by atoms with Crippen molar-refractivity contribution in [2.24, 2.45) is 0 Å². The normalized spacial score (nSPS) is 14.1. The van der Waals surface area contributed by atoms with Gasteiger partial charge in [-0.25, -0.2) is 0 Å². The summed E-state index contributed by atoms with van der Waals surface area (Å²) in [5.74, 6) is 0.147. The maximum absolute atomic E-state index is 8.50. The SMILES string of the molecule is CCOC(O)CCl. The average Bonchev–Trinajstić information content (AvgIpc) is 1.68. The van der Waals surface area contributed by atoms with Crippen molar-refractivity contribution in [1.82, 2.24) is 0 Å². The number of aliphatic hydroxyl groups is 1. The van der Waals surface area contributed by atoms with Gasteiger partial charge in [-0.15, -0.1) is 11.6 Å². The lowest BCUT2D eigenvalue weighted by atomic mass is 10.7. The Morgan fingerprint density at radius 3 is 2.57 bits per heavy atom. The van der Waals surface area contributed by atoms with Crippen LogP contribution in [0, 0.1) is 0 Å². The topological polar surface area (TPSA) is 29.5 Å². The molecule has 0 amide bonds. The molecule has 0 aliphatic carbocycles. The van der Waals surface area contributed by atoms with Crippen LogP contribution < -0.4 is 0 Å². The maximum Gasteiger partial charge on any atom is 0.168 e. The van der Waals surface area contributed by atoms with Crippen molar-refractivity contribution in [3.05, 3.63) is 0 Å². The Morgan fingerprint density at radius 2 is 2.43 bits per heavy atom. The van der Waals surface area contributed by atoms with Gasteiger partial charge in [-0.2, -0.15) is 0 Å². The number of halogens is 1. The molecule has 0 saturated carbocycles. The Kier molecular flexibility index (Phi) is 4.50. The minimum Gasteiger partial charge on any atom is -0.367 e. The van der Waals surface area contributed by atoms with E-state index >= 15 is 0 Å².